The summed E-state index contributed by atoms with van der Waals surface area (Å²) in [6.45, 7) is 0.412. The van der Waals surface area contributed by atoms with Crippen molar-refractivity contribution in [2.24, 2.45) is 5.73 Å². The number of hydrogen-bond acceptors (Lipinski definition) is 4. The number of fused-ring (bicyclic) bond motifs is 1. The molecule has 72 valence electrons. The molecule has 2 N–H and O–H groups in total. The molecule has 4 nitrogen and oxygen atoms in total. The number of aromatic nitrogens is 2. The van der Waals surface area contributed by atoms with Crippen LogP contribution in [-0.4, -0.2) is 17.3 Å². The lowest BCUT2D eigenvalue weighted by atomic mass is 10.2. The molecule has 0 radical (unpaired) electrons. The predicted octanol–water partition coefficient (Wildman–Crippen LogP) is 1.10. The standard InChI is InChI=1S/C10H11N3O/c1-14-9-3-2-7-4-8(6-11)12-13-10(7)5-9/h2-5H,6,11H2,1H3. The fourth-order valence-corrected chi connectivity index (χ4v) is 1.29. The Kier molecular flexibility index (Phi) is 2.28. The Bertz CT molecular complexity index is 413. The van der Waals surface area contributed by atoms with Gasteiger partial charge in [-0.05, 0) is 18.2 Å². The Morgan fingerprint density at radius 2 is 2.14 bits per heavy atom. The number of methoxy groups -OCH3 is 1. The van der Waals surface area contributed by atoms with Gasteiger partial charge in [-0.15, -0.1) is 0 Å². The molecule has 0 amide bonds. The maximum absolute atomic E-state index is 5.47. The third-order valence-electron chi connectivity index (χ3n) is 2.06. The second-order valence-corrected chi connectivity index (χ2v) is 2.96. The maximum Gasteiger partial charge on any atom is 0.121 e. The second kappa shape index (κ2) is 3.59. The van der Waals surface area contributed by atoms with Crippen molar-refractivity contribution in [3.63, 3.8) is 0 Å². The molecule has 2 aromatic rings. The zero-order valence-corrected chi connectivity index (χ0v) is 7.90. The van der Waals surface area contributed by atoms with Crippen molar-refractivity contribution in [2.45, 2.75) is 6.54 Å². The van der Waals surface area contributed by atoms with Crippen molar-refractivity contribution in [2.75, 3.05) is 7.11 Å². The first-order chi connectivity index (χ1) is 6.83. The van der Waals surface area contributed by atoms with Crippen LogP contribution in [0.25, 0.3) is 10.9 Å². The quantitative estimate of drug-likeness (QED) is 0.768. The molecule has 0 atom stereocenters. The zero-order chi connectivity index (χ0) is 9.97. The molecule has 14 heavy (non-hydrogen) atoms. The van der Waals surface area contributed by atoms with E-state index in [1.807, 2.05) is 24.3 Å². The van der Waals surface area contributed by atoms with Gasteiger partial charge in [-0.25, -0.2) is 0 Å². The Morgan fingerprint density at radius 1 is 1.29 bits per heavy atom. The molecular formula is C10H11N3O. The zero-order valence-electron chi connectivity index (χ0n) is 7.90. The molecule has 0 spiro atoms. The van der Waals surface area contributed by atoms with Gasteiger partial charge in [0.2, 0.25) is 0 Å². The van der Waals surface area contributed by atoms with E-state index in [-0.39, 0.29) is 0 Å². The van der Waals surface area contributed by atoms with E-state index in [1.54, 1.807) is 7.11 Å². The second-order valence-electron chi connectivity index (χ2n) is 2.96. The summed E-state index contributed by atoms with van der Waals surface area (Å²) in [5.41, 5.74) is 7.08. The number of nitrogens with zero attached hydrogens (tertiary/aromatic N) is 2. The number of rotatable bonds is 2. The summed E-state index contributed by atoms with van der Waals surface area (Å²) in [4.78, 5) is 0. The number of ether oxygens (including phenoxy) is 1. The van der Waals surface area contributed by atoms with Crippen molar-refractivity contribution >= 4 is 10.9 Å². The van der Waals surface area contributed by atoms with Gasteiger partial charge in [-0.3, -0.25) is 0 Å². The molecule has 0 saturated carbocycles. The molecule has 0 bridgehead atoms. The van der Waals surface area contributed by atoms with Crippen LogP contribution < -0.4 is 10.5 Å². The summed E-state index contributed by atoms with van der Waals surface area (Å²) in [6.07, 6.45) is 0. The summed E-state index contributed by atoms with van der Waals surface area (Å²) in [6, 6.07) is 7.62. The average molecular weight is 189 g/mol. The van der Waals surface area contributed by atoms with E-state index in [0.29, 0.717) is 6.54 Å². The summed E-state index contributed by atoms with van der Waals surface area (Å²) in [7, 11) is 1.63. The van der Waals surface area contributed by atoms with Crippen molar-refractivity contribution in [3.8, 4) is 5.75 Å². The molecule has 1 heterocycles. The monoisotopic (exact) mass is 189 g/mol. The molecule has 0 fully saturated rings. The Balaban J connectivity index is 2.57. The van der Waals surface area contributed by atoms with Gasteiger partial charge >= 0.3 is 0 Å². The lowest BCUT2D eigenvalue weighted by molar-refractivity contribution is 0.415. The van der Waals surface area contributed by atoms with E-state index in [4.69, 9.17) is 10.5 Å². The Labute approximate surface area is 81.7 Å². The van der Waals surface area contributed by atoms with Gasteiger partial charge in [0.25, 0.3) is 0 Å². The SMILES string of the molecule is COc1ccc2cc(CN)nnc2c1. The first-order valence-electron chi connectivity index (χ1n) is 4.34. The summed E-state index contributed by atoms with van der Waals surface area (Å²) in [5.74, 6) is 0.785. The lowest BCUT2D eigenvalue weighted by Crippen LogP contribution is -2.00. The molecule has 1 aromatic heterocycles. The van der Waals surface area contributed by atoms with Crippen molar-refractivity contribution in [1.29, 1.82) is 0 Å². The number of nitrogens with two attached hydrogens (primary N) is 1. The highest BCUT2D eigenvalue weighted by Gasteiger charge is 1.99. The average Bonchev–Trinajstić information content (AvgIpc) is 2.27. The van der Waals surface area contributed by atoms with Gasteiger partial charge in [0.1, 0.15) is 5.75 Å². The highest BCUT2D eigenvalue weighted by molar-refractivity contribution is 5.79. The topological polar surface area (TPSA) is 61.0 Å². The molecule has 0 aliphatic carbocycles. The Morgan fingerprint density at radius 3 is 2.86 bits per heavy atom. The van der Waals surface area contributed by atoms with Gasteiger partial charge in [-0.1, -0.05) is 0 Å². The van der Waals surface area contributed by atoms with Gasteiger partial charge < -0.3 is 10.5 Å². The van der Waals surface area contributed by atoms with Crippen LogP contribution in [0.3, 0.4) is 0 Å². The molecule has 0 saturated heterocycles. The van der Waals surface area contributed by atoms with Crippen LogP contribution in [0.2, 0.25) is 0 Å². The summed E-state index contributed by atoms with van der Waals surface area (Å²) < 4.78 is 5.09. The smallest absolute Gasteiger partial charge is 0.121 e. The normalized spacial score (nSPS) is 10.4. The minimum atomic E-state index is 0.412. The fraction of sp³-hybridized carbons (Fsp3) is 0.200. The van der Waals surface area contributed by atoms with Crippen LogP contribution in [0, 0.1) is 0 Å². The molecule has 0 unspecified atom stereocenters. The highest BCUT2D eigenvalue weighted by Crippen LogP contribution is 2.18. The molecule has 0 aliphatic heterocycles. The van der Waals surface area contributed by atoms with Crippen molar-refractivity contribution < 1.29 is 4.74 Å². The van der Waals surface area contributed by atoms with Crippen LogP contribution in [-0.2, 0) is 6.54 Å². The first kappa shape index (κ1) is 8.90. The van der Waals surface area contributed by atoms with Crippen LogP contribution in [0.1, 0.15) is 5.69 Å². The largest absolute Gasteiger partial charge is 0.497 e. The van der Waals surface area contributed by atoms with Gasteiger partial charge in [0.15, 0.2) is 0 Å². The van der Waals surface area contributed by atoms with E-state index in [1.165, 1.54) is 0 Å². The minimum Gasteiger partial charge on any atom is -0.497 e. The van der Waals surface area contributed by atoms with E-state index in [9.17, 15) is 0 Å². The summed E-state index contributed by atoms with van der Waals surface area (Å²) in [5, 5.41) is 9.05. The lowest BCUT2D eigenvalue weighted by Gasteiger charge is -2.02. The van der Waals surface area contributed by atoms with Crippen molar-refractivity contribution in [3.05, 3.63) is 30.0 Å². The van der Waals surface area contributed by atoms with Crippen LogP contribution in [0.5, 0.6) is 5.75 Å². The van der Waals surface area contributed by atoms with Gasteiger partial charge in [-0.2, -0.15) is 10.2 Å². The predicted molar refractivity (Wildman–Crippen MR) is 54.0 cm³/mol. The third kappa shape index (κ3) is 1.52. The third-order valence-corrected chi connectivity index (χ3v) is 2.06. The molecular weight excluding hydrogens is 178 g/mol. The molecule has 0 aliphatic rings. The minimum absolute atomic E-state index is 0.412. The molecule has 4 heteroatoms. The number of hydrogen-bond donors (Lipinski definition) is 1. The molecule has 1 aromatic carbocycles. The highest BCUT2D eigenvalue weighted by atomic mass is 16.5. The van der Waals surface area contributed by atoms with E-state index < -0.39 is 0 Å². The van der Waals surface area contributed by atoms with E-state index >= 15 is 0 Å². The van der Waals surface area contributed by atoms with Gasteiger partial charge in [0, 0.05) is 18.0 Å². The van der Waals surface area contributed by atoms with Crippen LogP contribution in [0.4, 0.5) is 0 Å². The number of benzene rings is 1. The fourth-order valence-electron chi connectivity index (χ4n) is 1.29. The van der Waals surface area contributed by atoms with Crippen LogP contribution in [0.15, 0.2) is 24.3 Å². The van der Waals surface area contributed by atoms with E-state index in [0.717, 1.165) is 22.3 Å². The van der Waals surface area contributed by atoms with Crippen LogP contribution >= 0.6 is 0 Å². The van der Waals surface area contributed by atoms with E-state index in [2.05, 4.69) is 10.2 Å². The van der Waals surface area contributed by atoms with Crippen molar-refractivity contribution in [1.82, 2.24) is 10.2 Å². The van der Waals surface area contributed by atoms with Gasteiger partial charge in [0.05, 0.1) is 18.3 Å². The Hall–Kier alpha value is -1.68. The summed E-state index contributed by atoms with van der Waals surface area (Å²) >= 11 is 0. The molecule has 2 rings (SSSR count). The first-order valence-corrected chi connectivity index (χ1v) is 4.34. The maximum atomic E-state index is 5.47.